The Morgan fingerprint density at radius 2 is 1.69 bits per heavy atom. The predicted molar refractivity (Wildman–Crippen MR) is 103 cm³/mol. The van der Waals surface area contributed by atoms with Crippen LogP contribution in [0.3, 0.4) is 0 Å². The average molecular weight is 349 g/mol. The van der Waals surface area contributed by atoms with Crippen molar-refractivity contribution in [3.8, 4) is 0 Å². The fourth-order valence-electron chi connectivity index (χ4n) is 3.03. The van der Waals surface area contributed by atoms with E-state index in [1.54, 1.807) is 0 Å². The van der Waals surface area contributed by atoms with Crippen molar-refractivity contribution in [3.63, 3.8) is 0 Å². The number of benzene rings is 2. The number of hydrogen-bond acceptors (Lipinski definition) is 3. The lowest BCUT2D eigenvalue weighted by molar-refractivity contribution is -0.132. The molecular formula is C21H23N3O2. The Balaban J connectivity index is 1.54. The highest BCUT2D eigenvalue weighted by atomic mass is 16.2. The van der Waals surface area contributed by atoms with Gasteiger partial charge < -0.3 is 5.32 Å². The Bertz CT molecular complexity index is 823. The molecule has 2 amide bonds. The van der Waals surface area contributed by atoms with E-state index in [4.69, 9.17) is 0 Å². The van der Waals surface area contributed by atoms with Crippen LogP contribution < -0.4 is 5.32 Å². The van der Waals surface area contributed by atoms with Gasteiger partial charge in [0.1, 0.15) is 0 Å². The van der Waals surface area contributed by atoms with Crippen LogP contribution in [0, 0.1) is 13.8 Å². The van der Waals surface area contributed by atoms with E-state index < -0.39 is 0 Å². The fraction of sp³-hybridized carbons (Fsp3) is 0.286. The summed E-state index contributed by atoms with van der Waals surface area (Å²) in [5.74, 6) is -0.269. The van der Waals surface area contributed by atoms with Crippen molar-refractivity contribution in [1.82, 2.24) is 5.01 Å². The number of carbonyl (C=O) groups excluding carboxylic acids is 2. The number of nitrogens with zero attached hydrogens (tertiary/aromatic N) is 2. The van der Waals surface area contributed by atoms with Gasteiger partial charge in [0.2, 0.25) is 11.8 Å². The first-order valence-electron chi connectivity index (χ1n) is 8.84. The van der Waals surface area contributed by atoms with Gasteiger partial charge in [0.15, 0.2) is 0 Å². The van der Waals surface area contributed by atoms with Crippen LogP contribution in [0.15, 0.2) is 53.6 Å². The van der Waals surface area contributed by atoms with Gasteiger partial charge >= 0.3 is 0 Å². The van der Waals surface area contributed by atoms with Gasteiger partial charge in [0.05, 0.1) is 12.3 Å². The lowest BCUT2D eigenvalue weighted by Gasteiger charge is -2.13. The molecule has 0 bridgehead atoms. The molecule has 0 radical (unpaired) electrons. The summed E-state index contributed by atoms with van der Waals surface area (Å²) in [7, 11) is 0. The Morgan fingerprint density at radius 1 is 1.00 bits per heavy atom. The molecule has 134 valence electrons. The van der Waals surface area contributed by atoms with Gasteiger partial charge in [-0.2, -0.15) is 5.10 Å². The first-order valence-corrected chi connectivity index (χ1v) is 8.84. The third-order valence-electron chi connectivity index (χ3n) is 4.51. The van der Waals surface area contributed by atoms with E-state index in [0.29, 0.717) is 6.54 Å². The second-order valence-corrected chi connectivity index (χ2v) is 6.49. The van der Waals surface area contributed by atoms with Crippen LogP contribution in [0.5, 0.6) is 0 Å². The number of amides is 2. The summed E-state index contributed by atoms with van der Waals surface area (Å²) in [6.07, 6.45) is 1.05. The van der Waals surface area contributed by atoms with Gasteiger partial charge in [-0.25, -0.2) is 5.01 Å². The minimum Gasteiger partial charge on any atom is -0.326 e. The average Bonchev–Trinajstić information content (AvgIpc) is 3.14. The molecular weight excluding hydrogens is 326 g/mol. The zero-order chi connectivity index (χ0) is 18.5. The van der Waals surface area contributed by atoms with Gasteiger partial charge in [0.25, 0.3) is 0 Å². The maximum Gasteiger partial charge on any atom is 0.243 e. The molecule has 5 nitrogen and oxygen atoms in total. The second-order valence-electron chi connectivity index (χ2n) is 6.49. The standard InChI is InChI=1S/C21H23N3O2/c1-15-7-6-8-16(2)21(15)22-19(25)11-12-20(26)24-14-13-18(23-24)17-9-4-3-5-10-17/h3-10H,11-14H2,1-2H3,(H,22,25). The number of hydrazone groups is 1. The van der Waals surface area contributed by atoms with Crippen molar-refractivity contribution in [1.29, 1.82) is 0 Å². The number of rotatable bonds is 5. The van der Waals surface area contributed by atoms with Crippen LogP contribution in [0.4, 0.5) is 5.69 Å². The highest BCUT2D eigenvalue weighted by Crippen LogP contribution is 2.20. The topological polar surface area (TPSA) is 61.8 Å². The van der Waals surface area contributed by atoms with Gasteiger partial charge in [0, 0.05) is 24.9 Å². The van der Waals surface area contributed by atoms with Crippen LogP contribution in [-0.2, 0) is 9.59 Å². The zero-order valence-electron chi connectivity index (χ0n) is 15.2. The molecule has 1 heterocycles. The van der Waals surface area contributed by atoms with E-state index in [-0.39, 0.29) is 24.7 Å². The maximum atomic E-state index is 12.4. The van der Waals surface area contributed by atoms with Gasteiger partial charge in [-0.3, -0.25) is 9.59 Å². The predicted octanol–water partition coefficient (Wildman–Crippen LogP) is 3.66. The van der Waals surface area contributed by atoms with Crippen molar-refractivity contribution in [2.75, 3.05) is 11.9 Å². The molecule has 0 saturated carbocycles. The van der Waals surface area contributed by atoms with E-state index in [9.17, 15) is 9.59 Å². The van der Waals surface area contributed by atoms with E-state index in [0.717, 1.165) is 34.5 Å². The maximum absolute atomic E-state index is 12.4. The Hall–Kier alpha value is -2.95. The minimum atomic E-state index is -0.151. The summed E-state index contributed by atoms with van der Waals surface area (Å²) < 4.78 is 0. The second kappa shape index (κ2) is 7.95. The zero-order valence-corrected chi connectivity index (χ0v) is 15.2. The van der Waals surface area contributed by atoms with E-state index in [1.165, 1.54) is 5.01 Å². The van der Waals surface area contributed by atoms with Crippen molar-refractivity contribution < 1.29 is 9.59 Å². The van der Waals surface area contributed by atoms with Crippen molar-refractivity contribution in [2.24, 2.45) is 5.10 Å². The van der Waals surface area contributed by atoms with Crippen LogP contribution in [0.2, 0.25) is 0 Å². The molecule has 0 saturated heterocycles. The van der Waals surface area contributed by atoms with Crippen LogP contribution >= 0.6 is 0 Å². The molecule has 1 N–H and O–H groups in total. The Kier molecular flexibility index (Phi) is 5.46. The molecule has 0 aliphatic carbocycles. The minimum absolute atomic E-state index is 0.118. The number of nitrogens with one attached hydrogen (secondary N) is 1. The molecule has 2 aromatic carbocycles. The number of aryl methyl sites for hydroxylation is 2. The molecule has 0 aromatic heterocycles. The molecule has 2 aromatic rings. The molecule has 0 spiro atoms. The lowest BCUT2D eigenvalue weighted by Crippen LogP contribution is -2.25. The van der Waals surface area contributed by atoms with Gasteiger partial charge in [-0.05, 0) is 30.5 Å². The summed E-state index contributed by atoms with van der Waals surface area (Å²) >= 11 is 0. The molecule has 1 aliphatic rings. The third-order valence-corrected chi connectivity index (χ3v) is 4.51. The summed E-state index contributed by atoms with van der Waals surface area (Å²) in [6, 6.07) is 15.7. The quantitative estimate of drug-likeness (QED) is 0.895. The smallest absolute Gasteiger partial charge is 0.243 e. The summed E-state index contributed by atoms with van der Waals surface area (Å²) in [5, 5.41) is 8.81. The van der Waals surface area contributed by atoms with Crippen molar-refractivity contribution in [2.45, 2.75) is 33.1 Å². The van der Waals surface area contributed by atoms with Crippen molar-refractivity contribution in [3.05, 3.63) is 65.2 Å². The summed E-state index contributed by atoms with van der Waals surface area (Å²) in [4.78, 5) is 24.6. The number of carbonyl (C=O) groups is 2. The van der Waals surface area contributed by atoms with Crippen molar-refractivity contribution >= 4 is 23.2 Å². The molecule has 0 atom stereocenters. The lowest BCUT2D eigenvalue weighted by atomic mass is 10.1. The van der Waals surface area contributed by atoms with Crippen LogP contribution in [-0.4, -0.2) is 29.1 Å². The number of hydrogen-bond donors (Lipinski definition) is 1. The van der Waals surface area contributed by atoms with E-state index >= 15 is 0 Å². The van der Waals surface area contributed by atoms with Gasteiger partial charge in [-0.1, -0.05) is 48.5 Å². The third kappa shape index (κ3) is 4.17. The van der Waals surface area contributed by atoms with E-state index in [1.807, 2.05) is 62.4 Å². The molecule has 1 aliphatic heterocycles. The molecule has 0 unspecified atom stereocenters. The monoisotopic (exact) mass is 349 g/mol. The first-order chi connectivity index (χ1) is 12.5. The number of anilines is 1. The van der Waals surface area contributed by atoms with Crippen LogP contribution in [0.1, 0.15) is 36.0 Å². The van der Waals surface area contributed by atoms with Crippen LogP contribution in [0.25, 0.3) is 0 Å². The summed E-state index contributed by atoms with van der Waals surface area (Å²) in [5.41, 5.74) is 4.81. The Morgan fingerprint density at radius 3 is 2.38 bits per heavy atom. The molecule has 3 rings (SSSR count). The fourth-order valence-corrected chi connectivity index (χ4v) is 3.03. The molecule has 26 heavy (non-hydrogen) atoms. The Labute approximate surface area is 153 Å². The number of para-hydroxylation sites is 1. The van der Waals surface area contributed by atoms with Gasteiger partial charge in [-0.15, -0.1) is 0 Å². The normalized spacial score (nSPS) is 13.5. The highest BCUT2D eigenvalue weighted by molar-refractivity contribution is 6.02. The first kappa shape index (κ1) is 17.9. The largest absolute Gasteiger partial charge is 0.326 e. The SMILES string of the molecule is Cc1cccc(C)c1NC(=O)CCC(=O)N1CCC(c2ccccc2)=N1. The van der Waals surface area contributed by atoms with E-state index in [2.05, 4.69) is 10.4 Å². The molecule has 0 fully saturated rings. The highest BCUT2D eigenvalue weighted by Gasteiger charge is 2.22. The summed E-state index contributed by atoms with van der Waals surface area (Å²) in [6.45, 7) is 4.48. The molecule has 5 heteroatoms.